The Kier molecular flexibility index (Phi) is 5.30. The van der Waals surface area contributed by atoms with Crippen molar-refractivity contribution in [3.63, 3.8) is 0 Å². The van der Waals surface area contributed by atoms with Crippen molar-refractivity contribution >= 4 is 28.9 Å². The molecule has 34 heavy (non-hydrogen) atoms. The molecular weight excluding hydrogens is 433 g/mol. The second-order valence-electron chi connectivity index (χ2n) is 9.54. The van der Waals surface area contributed by atoms with Crippen LogP contribution in [0.1, 0.15) is 50.9 Å². The number of aromatic nitrogens is 4. The van der Waals surface area contributed by atoms with Crippen LogP contribution in [0.2, 0.25) is 0 Å². The predicted octanol–water partition coefficient (Wildman–Crippen LogP) is 4.53. The third kappa shape index (κ3) is 3.59. The largest absolute Gasteiger partial charge is 0.356 e. The first-order chi connectivity index (χ1) is 16.2. The molecule has 1 aliphatic carbocycles. The SMILES string of the molecule is Cc1c(-c2nc(Nc3ccc4c(c3)N(C(C)C)[C@H](C)C(=O)N4C)ncc2F)c(C2CC2)nn1C. The maximum Gasteiger partial charge on any atom is 0.249 e. The van der Waals surface area contributed by atoms with Crippen LogP contribution in [0.25, 0.3) is 11.3 Å². The molecule has 0 unspecified atom stereocenters. The van der Waals surface area contributed by atoms with Crippen LogP contribution in [0.3, 0.4) is 0 Å². The molecule has 5 rings (SSSR count). The number of carbonyl (C=O) groups is 1. The molecule has 0 bridgehead atoms. The second-order valence-corrected chi connectivity index (χ2v) is 9.54. The van der Waals surface area contributed by atoms with Crippen LogP contribution in [0, 0.1) is 12.7 Å². The summed E-state index contributed by atoms with van der Waals surface area (Å²) in [6, 6.07) is 5.67. The summed E-state index contributed by atoms with van der Waals surface area (Å²) >= 11 is 0. The van der Waals surface area contributed by atoms with Crippen molar-refractivity contribution in [2.45, 2.75) is 58.5 Å². The van der Waals surface area contributed by atoms with Crippen molar-refractivity contribution in [2.75, 3.05) is 22.2 Å². The standard InChI is InChI=1S/C25H30FN7O/c1-13(2)33-15(4)24(34)31(5)19-10-9-17(11-20(19)33)28-25-27-12-18(26)23(29-25)21-14(3)32(6)30-22(21)16-7-8-16/h9-13,15-16H,7-8H2,1-6H3,(H,27,28,29)/t15-/m1/s1. The summed E-state index contributed by atoms with van der Waals surface area (Å²) in [6.45, 7) is 8.00. The molecule has 1 amide bonds. The number of rotatable bonds is 5. The van der Waals surface area contributed by atoms with E-state index in [0.29, 0.717) is 11.9 Å². The van der Waals surface area contributed by atoms with Gasteiger partial charge < -0.3 is 15.1 Å². The summed E-state index contributed by atoms with van der Waals surface area (Å²) in [7, 11) is 3.67. The lowest BCUT2D eigenvalue weighted by atomic mass is 10.0. The van der Waals surface area contributed by atoms with Crippen LogP contribution in [-0.2, 0) is 11.8 Å². The summed E-state index contributed by atoms with van der Waals surface area (Å²) < 4.78 is 16.7. The molecule has 1 atom stereocenters. The van der Waals surface area contributed by atoms with Crippen molar-refractivity contribution in [1.29, 1.82) is 0 Å². The van der Waals surface area contributed by atoms with E-state index in [1.165, 1.54) is 6.20 Å². The lowest BCUT2D eigenvalue weighted by Crippen LogP contribution is -2.53. The summed E-state index contributed by atoms with van der Waals surface area (Å²) in [4.78, 5) is 25.3. The number of hydrogen-bond acceptors (Lipinski definition) is 6. The molecule has 1 fully saturated rings. The second kappa shape index (κ2) is 8.07. The van der Waals surface area contributed by atoms with Crippen LogP contribution in [0.15, 0.2) is 24.4 Å². The van der Waals surface area contributed by atoms with E-state index < -0.39 is 5.82 Å². The molecule has 1 N–H and O–H groups in total. The highest BCUT2D eigenvalue weighted by atomic mass is 19.1. The summed E-state index contributed by atoms with van der Waals surface area (Å²) in [5.74, 6) is 0.274. The molecular formula is C25H30FN7O. The molecule has 8 nitrogen and oxygen atoms in total. The number of benzene rings is 1. The summed E-state index contributed by atoms with van der Waals surface area (Å²) in [6.07, 6.45) is 3.34. The number of halogens is 1. The molecule has 3 aromatic rings. The molecule has 1 aromatic carbocycles. The lowest BCUT2D eigenvalue weighted by Gasteiger charge is -2.42. The van der Waals surface area contributed by atoms with Gasteiger partial charge in [-0.2, -0.15) is 5.10 Å². The lowest BCUT2D eigenvalue weighted by molar-refractivity contribution is -0.119. The van der Waals surface area contributed by atoms with Gasteiger partial charge >= 0.3 is 0 Å². The number of nitrogens with zero attached hydrogens (tertiary/aromatic N) is 6. The van der Waals surface area contributed by atoms with Crippen LogP contribution in [0.5, 0.6) is 0 Å². The van der Waals surface area contributed by atoms with Crippen molar-refractivity contribution < 1.29 is 9.18 Å². The minimum atomic E-state index is -0.464. The zero-order valence-corrected chi connectivity index (χ0v) is 20.4. The number of fused-ring (bicyclic) bond motifs is 1. The smallest absolute Gasteiger partial charge is 0.249 e. The Bertz CT molecular complexity index is 1280. The number of likely N-dealkylation sites (N-methyl/N-ethyl adjacent to an activating group) is 1. The minimum Gasteiger partial charge on any atom is -0.356 e. The van der Waals surface area contributed by atoms with E-state index in [0.717, 1.165) is 46.9 Å². The first-order valence-electron chi connectivity index (χ1n) is 11.7. The number of carbonyl (C=O) groups excluding carboxylic acids is 1. The van der Waals surface area contributed by atoms with Crippen LogP contribution in [0.4, 0.5) is 27.4 Å². The predicted molar refractivity (Wildman–Crippen MR) is 131 cm³/mol. The molecule has 1 aliphatic heterocycles. The molecule has 3 heterocycles. The highest BCUT2D eigenvalue weighted by Crippen LogP contribution is 2.45. The van der Waals surface area contributed by atoms with Gasteiger partial charge in [0.15, 0.2) is 5.82 Å². The Labute approximate surface area is 198 Å². The van der Waals surface area contributed by atoms with E-state index in [1.807, 2.05) is 39.1 Å². The number of anilines is 4. The summed E-state index contributed by atoms with van der Waals surface area (Å²) in [5.41, 5.74) is 5.39. The first kappa shape index (κ1) is 22.3. The van der Waals surface area contributed by atoms with E-state index in [2.05, 4.69) is 39.1 Å². The monoisotopic (exact) mass is 463 g/mol. The van der Waals surface area contributed by atoms with Gasteiger partial charge in [0.25, 0.3) is 0 Å². The van der Waals surface area contributed by atoms with Crippen LogP contribution >= 0.6 is 0 Å². The van der Waals surface area contributed by atoms with Crippen molar-refractivity contribution in [3.05, 3.63) is 41.6 Å². The average Bonchev–Trinajstić information content (AvgIpc) is 3.59. The van der Waals surface area contributed by atoms with Gasteiger partial charge in [-0.25, -0.2) is 14.4 Å². The van der Waals surface area contributed by atoms with Gasteiger partial charge in [-0.05, 0) is 58.7 Å². The molecule has 2 aromatic heterocycles. The van der Waals surface area contributed by atoms with E-state index >= 15 is 0 Å². The van der Waals surface area contributed by atoms with Crippen molar-refractivity contribution in [3.8, 4) is 11.3 Å². The van der Waals surface area contributed by atoms with Gasteiger partial charge in [0.05, 0.1) is 23.3 Å². The fourth-order valence-corrected chi connectivity index (χ4v) is 4.84. The van der Waals surface area contributed by atoms with Gasteiger partial charge in [0, 0.05) is 43.0 Å². The maximum atomic E-state index is 14.9. The third-order valence-corrected chi connectivity index (χ3v) is 6.84. The Hall–Kier alpha value is -3.49. The van der Waals surface area contributed by atoms with Crippen molar-refractivity contribution in [2.24, 2.45) is 7.05 Å². The first-order valence-corrected chi connectivity index (χ1v) is 11.7. The Morgan fingerprint density at radius 2 is 1.91 bits per heavy atom. The van der Waals surface area contributed by atoms with E-state index in [-0.39, 0.29) is 23.7 Å². The Morgan fingerprint density at radius 1 is 1.18 bits per heavy atom. The van der Waals surface area contributed by atoms with Gasteiger partial charge in [-0.15, -0.1) is 0 Å². The normalized spacial score (nSPS) is 18.0. The van der Waals surface area contributed by atoms with E-state index in [1.54, 1.807) is 16.6 Å². The minimum absolute atomic E-state index is 0.0618. The maximum absolute atomic E-state index is 14.9. The van der Waals surface area contributed by atoms with E-state index in [4.69, 9.17) is 0 Å². The topological polar surface area (TPSA) is 79.2 Å². The van der Waals surface area contributed by atoms with Crippen LogP contribution in [-0.4, -0.2) is 44.8 Å². The highest BCUT2D eigenvalue weighted by Gasteiger charge is 2.35. The molecule has 0 saturated heterocycles. The van der Waals surface area contributed by atoms with Crippen LogP contribution < -0.4 is 15.1 Å². The highest BCUT2D eigenvalue weighted by molar-refractivity contribution is 6.05. The zero-order chi connectivity index (χ0) is 24.3. The Morgan fingerprint density at radius 3 is 2.59 bits per heavy atom. The van der Waals surface area contributed by atoms with Gasteiger partial charge in [0.2, 0.25) is 11.9 Å². The van der Waals surface area contributed by atoms with Gasteiger partial charge in [-0.1, -0.05) is 0 Å². The Balaban J connectivity index is 1.52. The number of nitrogens with one attached hydrogen (secondary N) is 1. The molecule has 0 radical (unpaired) electrons. The molecule has 1 saturated carbocycles. The zero-order valence-electron chi connectivity index (χ0n) is 20.4. The summed E-state index contributed by atoms with van der Waals surface area (Å²) in [5, 5.41) is 7.86. The average molecular weight is 464 g/mol. The van der Waals surface area contributed by atoms with E-state index in [9.17, 15) is 9.18 Å². The number of amides is 1. The number of aryl methyl sites for hydroxylation is 1. The quantitative estimate of drug-likeness (QED) is 0.599. The molecule has 2 aliphatic rings. The fraction of sp³-hybridized carbons (Fsp3) is 0.440. The molecule has 178 valence electrons. The molecule has 0 spiro atoms. The van der Waals surface area contributed by atoms with Gasteiger partial charge in [-0.3, -0.25) is 9.48 Å². The molecule has 9 heteroatoms. The third-order valence-electron chi connectivity index (χ3n) is 6.84. The van der Waals surface area contributed by atoms with Gasteiger partial charge in [0.1, 0.15) is 11.7 Å². The fourth-order valence-electron chi connectivity index (χ4n) is 4.84. The van der Waals surface area contributed by atoms with Crippen molar-refractivity contribution in [1.82, 2.24) is 19.7 Å². The number of hydrogen-bond donors (Lipinski definition) is 1.